The Bertz CT molecular complexity index is 339. The molecule has 1 amide bonds. The first kappa shape index (κ1) is 12.3. The molecule has 0 aromatic carbocycles. The van der Waals surface area contributed by atoms with Crippen molar-refractivity contribution in [1.82, 2.24) is 20.2 Å². The van der Waals surface area contributed by atoms with Gasteiger partial charge in [0.05, 0.1) is 19.4 Å². The van der Waals surface area contributed by atoms with Crippen LogP contribution >= 0.6 is 0 Å². The molecule has 0 saturated carbocycles. The first-order valence-electron chi connectivity index (χ1n) is 5.19. The highest BCUT2D eigenvalue weighted by molar-refractivity contribution is 5.77. The number of terminal acetylenes is 1. The predicted octanol–water partition coefficient (Wildman–Crippen LogP) is -0.388. The van der Waals surface area contributed by atoms with Crippen molar-refractivity contribution in [1.29, 1.82) is 0 Å². The molecule has 1 rings (SSSR count). The summed E-state index contributed by atoms with van der Waals surface area (Å²) < 4.78 is 1.97. The molecule has 1 aromatic heterocycles. The summed E-state index contributed by atoms with van der Waals surface area (Å²) in [5, 5.41) is 5.63. The quantitative estimate of drug-likeness (QED) is 0.486. The summed E-state index contributed by atoms with van der Waals surface area (Å²) in [7, 11) is 0. The number of nitrogens with one attached hydrogen (secondary N) is 2. The second-order valence-corrected chi connectivity index (χ2v) is 3.31. The summed E-state index contributed by atoms with van der Waals surface area (Å²) in [6.07, 6.45) is 11.3. The zero-order chi connectivity index (χ0) is 11.6. The fourth-order valence-electron chi connectivity index (χ4n) is 1.22. The second kappa shape index (κ2) is 7.49. The number of carbonyl (C=O) groups excluding carboxylic acids is 1. The van der Waals surface area contributed by atoms with Crippen LogP contribution in [0.4, 0.5) is 0 Å². The maximum atomic E-state index is 11.2. The second-order valence-electron chi connectivity index (χ2n) is 3.31. The molecular formula is C11H16N4O. The molecule has 0 spiro atoms. The van der Waals surface area contributed by atoms with Gasteiger partial charge in [0, 0.05) is 25.5 Å². The monoisotopic (exact) mass is 220 g/mol. The van der Waals surface area contributed by atoms with Crippen molar-refractivity contribution in [3.63, 3.8) is 0 Å². The maximum absolute atomic E-state index is 11.2. The van der Waals surface area contributed by atoms with Gasteiger partial charge in [-0.3, -0.25) is 10.1 Å². The molecular weight excluding hydrogens is 204 g/mol. The molecule has 1 heterocycles. The van der Waals surface area contributed by atoms with E-state index in [4.69, 9.17) is 6.42 Å². The summed E-state index contributed by atoms with van der Waals surface area (Å²) in [6.45, 7) is 2.21. The summed E-state index contributed by atoms with van der Waals surface area (Å²) >= 11 is 0. The molecule has 0 aliphatic carbocycles. The molecule has 0 aliphatic rings. The lowest BCUT2D eigenvalue weighted by Gasteiger charge is -2.05. The lowest BCUT2D eigenvalue weighted by Crippen LogP contribution is -2.34. The minimum Gasteiger partial charge on any atom is -0.355 e. The molecule has 2 N–H and O–H groups in total. The molecule has 86 valence electrons. The zero-order valence-corrected chi connectivity index (χ0v) is 9.15. The predicted molar refractivity (Wildman–Crippen MR) is 61.6 cm³/mol. The average molecular weight is 220 g/mol. The van der Waals surface area contributed by atoms with Gasteiger partial charge in [-0.25, -0.2) is 4.98 Å². The molecule has 16 heavy (non-hydrogen) atoms. The van der Waals surface area contributed by atoms with Crippen LogP contribution in [0.5, 0.6) is 0 Å². The van der Waals surface area contributed by atoms with Gasteiger partial charge in [-0.1, -0.05) is 5.92 Å². The van der Waals surface area contributed by atoms with Crippen LogP contribution in [0.2, 0.25) is 0 Å². The fraction of sp³-hybridized carbons (Fsp3) is 0.455. The molecule has 0 saturated heterocycles. The minimum absolute atomic E-state index is 0.0270. The molecule has 0 radical (unpaired) electrons. The lowest BCUT2D eigenvalue weighted by molar-refractivity contribution is -0.120. The number of aryl methyl sites for hydroxylation is 1. The Labute approximate surface area is 95.3 Å². The van der Waals surface area contributed by atoms with E-state index in [1.54, 1.807) is 12.5 Å². The average Bonchev–Trinajstić information content (AvgIpc) is 2.78. The number of aromatic nitrogens is 2. The SMILES string of the molecule is C#CCNCC(=O)NCCCn1ccnc1. The number of nitrogens with zero attached hydrogens (tertiary/aromatic N) is 2. The van der Waals surface area contributed by atoms with E-state index in [1.165, 1.54) is 0 Å². The van der Waals surface area contributed by atoms with Crippen LogP contribution in [-0.2, 0) is 11.3 Å². The highest BCUT2D eigenvalue weighted by atomic mass is 16.1. The van der Waals surface area contributed by atoms with E-state index in [-0.39, 0.29) is 12.5 Å². The van der Waals surface area contributed by atoms with Gasteiger partial charge in [-0.05, 0) is 6.42 Å². The van der Waals surface area contributed by atoms with Crippen LogP contribution in [-0.4, -0.2) is 35.1 Å². The fourth-order valence-corrected chi connectivity index (χ4v) is 1.22. The normalized spacial score (nSPS) is 9.69. The van der Waals surface area contributed by atoms with Crippen LogP contribution in [0.1, 0.15) is 6.42 Å². The van der Waals surface area contributed by atoms with Crippen LogP contribution in [0, 0.1) is 12.3 Å². The van der Waals surface area contributed by atoms with E-state index < -0.39 is 0 Å². The first-order chi connectivity index (χ1) is 7.83. The summed E-state index contributed by atoms with van der Waals surface area (Å²) in [5.41, 5.74) is 0. The highest BCUT2D eigenvalue weighted by Crippen LogP contribution is 1.88. The van der Waals surface area contributed by atoms with E-state index in [2.05, 4.69) is 21.5 Å². The van der Waals surface area contributed by atoms with Crippen molar-refractivity contribution in [3.8, 4) is 12.3 Å². The molecule has 0 aliphatic heterocycles. The van der Waals surface area contributed by atoms with Crippen LogP contribution in [0.15, 0.2) is 18.7 Å². The molecule has 0 fully saturated rings. The van der Waals surface area contributed by atoms with Gasteiger partial charge in [0.1, 0.15) is 0 Å². The Morgan fingerprint density at radius 2 is 2.44 bits per heavy atom. The largest absolute Gasteiger partial charge is 0.355 e. The van der Waals surface area contributed by atoms with Crippen molar-refractivity contribution in [3.05, 3.63) is 18.7 Å². The first-order valence-corrected chi connectivity index (χ1v) is 5.19. The summed E-state index contributed by atoms with van der Waals surface area (Å²) in [6, 6.07) is 0. The van der Waals surface area contributed by atoms with Crippen molar-refractivity contribution in [2.75, 3.05) is 19.6 Å². The Kier molecular flexibility index (Phi) is 5.74. The molecule has 0 bridgehead atoms. The number of hydrogen-bond donors (Lipinski definition) is 2. The van der Waals surface area contributed by atoms with Gasteiger partial charge in [-0.15, -0.1) is 6.42 Å². The van der Waals surface area contributed by atoms with Gasteiger partial charge in [0.25, 0.3) is 0 Å². The van der Waals surface area contributed by atoms with Gasteiger partial charge >= 0.3 is 0 Å². The molecule has 0 unspecified atom stereocenters. The van der Waals surface area contributed by atoms with E-state index in [9.17, 15) is 4.79 Å². The van der Waals surface area contributed by atoms with Gasteiger partial charge in [-0.2, -0.15) is 0 Å². The molecule has 1 aromatic rings. The van der Waals surface area contributed by atoms with Crippen molar-refractivity contribution in [2.24, 2.45) is 0 Å². The van der Waals surface area contributed by atoms with E-state index >= 15 is 0 Å². The third-order valence-electron chi connectivity index (χ3n) is 1.99. The summed E-state index contributed by atoms with van der Waals surface area (Å²) in [5.74, 6) is 2.38. The number of carbonyl (C=O) groups is 1. The van der Waals surface area contributed by atoms with Gasteiger partial charge in [0.15, 0.2) is 0 Å². The third-order valence-corrected chi connectivity index (χ3v) is 1.99. The van der Waals surface area contributed by atoms with Crippen molar-refractivity contribution < 1.29 is 4.79 Å². The van der Waals surface area contributed by atoms with E-state index in [1.807, 2.05) is 10.8 Å². The lowest BCUT2D eigenvalue weighted by atomic mass is 10.4. The third kappa shape index (κ3) is 5.17. The molecule has 5 heteroatoms. The van der Waals surface area contributed by atoms with Gasteiger partial charge < -0.3 is 9.88 Å². The molecule has 5 nitrogen and oxygen atoms in total. The topological polar surface area (TPSA) is 59.0 Å². The number of rotatable bonds is 7. The van der Waals surface area contributed by atoms with Crippen molar-refractivity contribution >= 4 is 5.91 Å². The summed E-state index contributed by atoms with van der Waals surface area (Å²) in [4.78, 5) is 15.2. The Balaban J connectivity index is 1.98. The highest BCUT2D eigenvalue weighted by Gasteiger charge is 1.98. The van der Waals surface area contributed by atoms with E-state index in [0.29, 0.717) is 13.1 Å². The van der Waals surface area contributed by atoms with E-state index in [0.717, 1.165) is 13.0 Å². The van der Waals surface area contributed by atoms with Crippen LogP contribution in [0.25, 0.3) is 0 Å². The Morgan fingerprint density at radius 3 is 3.12 bits per heavy atom. The van der Waals surface area contributed by atoms with Crippen LogP contribution < -0.4 is 10.6 Å². The minimum atomic E-state index is -0.0270. The Morgan fingerprint density at radius 1 is 1.56 bits per heavy atom. The zero-order valence-electron chi connectivity index (χ0n) is 9.15. The standard InChI is InChI=1S/C11H16N4O/c1-2-4-12-9-11(16)14-5-3-7-15-8-6-13-10-15/h1,6,8,10,12H,3-5,7,9H2,(H,14,16). The number of amides is 1. The Hall–Kier alpha value is -1.80. The maximum Gasteiger partial charge on any atom is 0.233 e. The number of hydrogen-bond acceptors (Lipinski definition) is 3. The van der Waals surface area contributed by atoms with Crippen LogP contribution in [0.3, 0.4) is 0 Å². The number of imidazole rings is 1. The van der Waals surface area contributed by atoms with Gasteiger partial charge in [0.2, 0.25) is 5.91 Å². The smallest absolute Gasteiger partial charge is 0.233 e. The van der Waals surface area contributed by atoms with Crippen molar-refractivity contribution in [2.45, 2.75) is 13.0 Å². The molecule has 0 atom stereocenters.